The van der Waals surface area contributed by atoms with Crippen molar-refractivity contribution in [2.24, 2.45) is 5.73 Å². The van der Waals surface area contributed by atoms with Crippen LogP contribution < -0.4 is 5.73 Å². The van der Waals surface area contributed by atoms with Crippen molar-refractivity contribution in [3.63, 3.8) is 0 Å². The molecular weight excluding hydrogens is 317 g/mol. The van der Waals surface area contributed by atoms with E-state index in [2.05, 4.69) is 0 Å². The molecule has 0 aliphatic carbocycles. The van der Waals surface area contributed by atoms with Gasteiger partial charge in [-0.2, -0.15) is 0 Å². The van der Waals surface area contributed by atoms with E-state index < -0.39 is 6.10 Å². The third-order valence-corrected chi connectivity index (χ3v) is 2.68. The van der Waals surface area contributed by atoms with Crippen LogP contribution in [0, 0.1) is 0 Å². The topological polar surface area (TPSA) is 46.2 Å². The van der Waals surface area contributed by atoms with Gasteiger partial charge in [-0.25, -0.2) is 0 Å². The summed E-state index contributed by atoms with van der Waals surface area (Å²) >= 11 is 11.2. The lowest BCUT2D eigenvalue weighted by molar-refractivity contribution is 0.187. The minimum Gasteiger partial charge on any atom is -0.387 e. The molecule has 1 atom stereocenters. The Labute approximate surface area is 144 Å². The maximum atomic E-state index is 9.27. The molecule has 1 unspecified atom stereocenters. The first-order chi connectivity index (χ1) is 10.6. The van der Waals surface area contributed by atoms with Crippen LogP contribution in [-0.4, -0.2) is 11.7 Å². The molecule has 2 nitrogen and oxygen atoms in total. The van der Waals surface area contributed by atoms with Crippen molar-refractivity contribution < 1.29 is 5.11 Å². The van der Waals surface area contributed by atoms with Gasteiger partial charge in [0.1, 0.15) is 0 Å². The molecule has 0 saturated heterocycles. The monoisotopic (exact) mass is 343 g/mol. The lowest BCUT2D eigenvalue weighted by Gasteiger charge is -2.06. The van der Waals surface area contributed by atoms with Gasteiger partial charge in [-0.15, -0.1) is 0 Å². The normalized spacial score (nSPS) is 9.82. The van der Waals surface area contributed by atoms with Crippen molar-refractivity contribution >= 4 is 23.2 Å². The van der Waals surface area contributed by atoms with E-state index in [0.717, 1.165) is 10.6 Å². The molecule has 2 rings (SSSR count). The van der Waals surface area contributed by atoms with Crippen LogP contribution in [0.3, 0.4) is 0 Å². The van der Waals surface area contributed by atoms with E-state index in [1.165, 1.54) is 0 Å². The molecule has 0 saturated carbocycles. The van der Waals surface area contributed by atoms with Gasteiger partial charge in [0.05, 0.1) is 6.10 Å². The highest BCUT2D eigenvalue weighted by atomic mass is 35.5. The SMILES string of the molecule is CC.CC.Clc1ccccc1.NCC(O)c1cccc(Cl)c1. The van der Waals surface area contributed by atoms with Gasteiger partial charge < -0.3 is 10.8 Å². The van der Waals surface area contributed by atoms with Crippen LogP contribution >= 0.6 is 23.2 Å². The summed E-state index contributed by atoms with van der Waals surface area (Å²) in [5.41, 5.74) is 6.02. The molecule has 0 spiro atoms. The first kappa shape index (κ1) is 23.2. The third-order valence-electron chi connectivity index (χ3n) is 2.19. The Morgan fingerprint density at radius 3 is 1.73 bits per heavy atom. The average Bonchev–Trinajstić information content (AvgIpc) is 2.59. The molecule has 0 fully saturated rings. The van der Waals surface area contributed by atoms with Gasteiger partial charge in [-0.3, -0.25) is 0 Å². The number of hydrogen-bond acceptors (Lipinski definition) is 2. The maximum Gasteiger partial charge on any atom is 0.0912 e. The number of halogens is 2. The molecule has 0 bridgehead atoms. The fourth-order valence-electron chi connectivity index (χ4n) is 1.26. The molecule has 22 heavy (non-hydrogen) atoms. The molecule has 2 aromatic carbocycles. The van der Waals surface area contributed by atoms with E-state index in [1.807, 2.05) is 58.0 Å². The van der Waals surface area contributed by atoms with Gasteiger partial charge >= 0.3 is 0 Å². The molecule has 0 aliphatic heterocycles. The number of hydrogen-bond donors (Lipinski definition) is 2. The Hall–Kier alpha value is -1.06. The second kappa shape index (κ2) is 16.3. The van der Waals surface area contributed by atoms with E-state index in [-0.39, 0.29) is 6.54 Å². The van der Waals surface area contributed by atoms with E-state index in [1.54, 1.807) is 24.3 Å². The van der Waals surface area contributed by atoms with Gasteiger partial charge in [0.15, 0.2) is 0 Å². The first-order valence-corrected chi connectivity index (χ1v) is 8.23. The zero-order valence-electron chi connectivity index (χ0n) is 13.8. The molecule has 124 valence electrons. The van der Waals surface area contributed by atoms with E-state index >= 15 is 0 Å². The summed E-state index contributed by atoms with van der Waals surface area (Å²) in [5.74, 6) is 0. The minimum absolute atomic E-state index is 0.223. The van der Waals surface area contributed by atoms with Crippen molar-refractivity contribution in [2.45, 2.75) is 33.8 Å². The summed E-state index contributed by atoms with van der Waals surface area (Å²) in [5, 5.41) is 10.7. The highest BCUT2D eigenvalue weighted by Crippen LogP contribution is 2.16. The maximum absolute atomic E-state index is 9.27. The van der Waals surface area contributed by atoms with Gasteiger partial charge in [-0.1, -0.05) is 81.2 Å². The van der Waals surface area contributed by atoms with E-state index in [4.69, 9.17) is 28.9 Å². The van der Waals surface area contributed by atoms with Crippen LogP contribution in [0.1, 0.15) is 39.4 Å². The fraction of sp³-hybridized carbons (Fsp3) is 0.333. The van der Waals surface area contributed by atoms with Gasteiger partial charge in [0.2, 0.25) is 0 Å². The van der Waals surface area contributed by atoms with Crippen LogP contribution in [0.5, 0.6) is 0 Å². The van der Waals surface area contributed by atoms with Crippen molar-refractivity contribution in [1.82, 2.24) is 0 Å². The van der Waals surface area contributed by atoms with Crippen LogP contribution in [0.4, 0.5) is 0 Å². The lowest BCUT2D eigenvalue weighted by atomic mass is 10.1. The Kier molecular flexibility index (Phi) is 17.2. The van der Waals surface area contributed by atoms with Gasteiger partial charge in [-0.05, 0) is 29.8 Å². The van der Waals surface area contributed by atoms with Crippen molar-refractivity contribution in [2.75, 3.05) is 6.54 Å². The van der Waals surface area contributed by atoms with E-state index in [0.29, 0.717) is 5.02 Å². The number of rotatable bonds is 2. The predicted octanol–water partition coefficient (Wildman–Crippen LogP) is 5.72. The summed E-state index contributed by atoms with van der Waals surface area (Å²) in [6.45, 7) is 8.22. The van der Waals surface area contributed by atoms with E-state index in [9.17, 15) is 5.11 Å². The lowest BCUT2D eigenvalue weighted by Crippen LogP contribution is -2.11. The molecule has 0 radical (unpaired) electrons. The highest BCUT2D eigenvalue weighted by molar-refractivity contribution is 6.30. The molecule has 2 aromatic rings. The van der Waals surface area contributed by atoms with Crippen molar-refractivity contribution in [3.8, 4) is 0 Å². The van der Waals surface area contributed by atoms with Crippen molar-refractivity contribution in [1.29, 1.82) is 0 Å². The quantitative estimate of drug-likeness (QED) is 0.731. The Bertz CT molecular complexity index is 464. The molecule has 3 N–H and O–H groups in total. The predicted molar refractivity (Wildman–Crippen MR) is 99.6 cm³/mol. The first-order valence-electron chi connectivity index (χ1n) is 7.47. The minimum atomic E-state index is -0.603. The standard InChI is InChI=1S/C8H10ClNO.C6H5Cl.2C2H6/c9-7-3-1-2-6(4-7)8(11)5-10;7-6-4-2-1-3-5-6;2*1-2/h1-4,8,11H,5,10H2;1-5H;2*1-2H3. The Morgan fingerprint density at radius 1 is 0.864 bits per heavy atom. The van der Waals surface area contributed by atoms with Gasteiger partial charge in [0.25, 0.3) is 0 Å². The molecule has 4 heteroatoms. The zero-order chi connectivity index (χ0) is 17.4. The van der Waals surface area contributed by atoms with Gasteiger partial charge in [0, 0.05) is 16.6 Å². The van der Waals surface area contributed by atoms with Crippen molar-refractivity contribution in [3.05, 3.63) is 70.2 Å². The number of benzene rings is 2. The summed E-state index contributed by atoms with van der Waals surface area (Å²) in [6, 6.07) is 16.5. The Balaban J connectivity index is 0. The molecule has 0 heterocycles. The van der Waals surface area contributed by atoms with Crippen LogP contribution in [0.25, 0.3) is 0 Å². The summed E-state index contributed by atoms with van der Waals surface area (Å²) in [6.07, 6.45) is -0.603. The van der Waals surface area contributed by atoms with Crippen LogP contribution in [0.15, 0.2) is 54.6 Å². The second-order valence-corrected chi connectivity index (χ2v) is 4.47. The number of nitrogens with two attached hydrogens (primary N) is 1. The molecule has 0 aromatic heterocycles. The third kappa shape index (κ3) is 11.6. The molecule has 0 amide bonds. The smallest absolute Gasteiger partial charge is 0.0912 e. The number of aliphatic hydroxyl groups is 1. The zero-order valence-corrected chi connectivity index (χ0v) is 15.3. The highest BCUT2D eigenvalue weighted by Gasteiger charge is 2.03. The van der Waals surface area contributed by atoms with Crippen LogP contribution in [0.2, 0.25) is 10.0 Å². The molecule has 0 aliphatic rings. The molecular formula is C18H27Cl2NO. The number of aliphatic hydroxyl groups excluding tert-OH is 1. The fourth-order valence-corrected chi connectivity index (χ4v) is 1.61. The largest absolute Gasteiger partial charge is 0.387 e. The van der Waals surface area contributed by atoms with Crippen LogP contribution in [-0.2, 0) is 0 Å². The summed E-state index contributed by atoms with van der Waals surface area (Å²) in [7, 11) is 0. The average molecular weight is 344 g/mol. The summed E-state index contributed by atoms with van der Waals surface area (Å²) < 4.78 is 0. The Morgan fingerprint density at radius 2 is 1.36 bits per heavy atom. The summed E-state index contributed by atoms with van der Waals surface area (Å²) in [4.78, 5) is 0. The second-order valence-electron chi connectivity index (χ2n) is 3.60.